The third kappa shape index (κ3) is 4.08. The molecule has 23 heavy (non-hydrogen) atoms. The lowest BCUT2D eigenvalue weighted by atomic mass is 9.72. The lowest BCUT2D eigenvalue weighted by Crippen LogP contribution is -2.51. The number of amides is 1. The Morgan fingerprint density at radius 2 is 1.83 bits per heavy atom. The monoisotopic (exact) mass is 323 g/mol. The fraction of sp³-hybridized carbons (Fsp3) is 0.947. The number of rotatable bonds is 4. The molecule has 3 unspecified atom stereocenters. The van der Waals surface area contributed by atoms with Crippen LogP contribution >= 0.6 is 0 Å². The molecule has 1 amide bonds. The minimum atomic E-state index is -0.615. The molecular formula is C19H33NO3. The summed E-state index contributed by atoms with van der Waals surface area (Å²) in [7, 11) is 0. The van der Waals surface area contributed by atoms with Crippen LogP contribution in [0.4, 0.5) is 0 Å². The number of hydrogen-bond donors (Lipinski definition) is 1. The molecule has 1 N–H and O–H groups in total. The molecule has 0 aromatic rings. The molecule has 3 rings (SSSR count). The molecular weight excluding hydrogens is 290 g/mol. The molecule has 1 aliphatic heterocycles. The molecule has 2 saturated carbocycles. The maximum absolute atomic E-state index is 12.7. The molecule has 2 aliphatic carbocycles. The minimum Gasteiger partial charge on any atom is -0.390 e. The van der Waals surface area contributed by atoms with E-state index in [4.69, 9.17) is 4.74 Å². The highest BCUT2D eigenvalue weighted by molar-refractivity contribution is 5.78. The molecule has 0 spiro atoms. The zero-order valence-electron chi connectivity index (χ0n) is 14.6. The molecule has 132 valence electrons. The van der Waals surface area contributed by atoms with Crippen LogP contribution in [0, 0.1) is 5.92 Å². The molecule has 4 nitrogen and oxygen atoms in total. The third-order valence-corrected chi connectivity index (χ3v) is 6.33. The van der Waals surface area contributed by atoms with E-state index in [1.807, 2.05) is 11.8 Å². The fourth-order valence-corrected chi connectivity index (χ4v) is 4.97. The number of aliphatic hydroxyl groups is 1. The van der Waals surface area contributed by atoms with E-state index in [1.54, 1.807) is 0 Å². The van der Waals surface area contributed by atoms with Crippen molar-refractivity contribution in [2.75, 3.05) is 13.2 Å². The molecule has 0 aromatic carbocycles. The van der Waals surface area contributed by atoms with Crippen LogP contribution in [-0.2, 0) is 9.53 Å². The lowest BCUT2D eigenvalue weighted by molar-refractivity contribution is -0.144. The van der Waals surface area contributed by atoms with Crippen molar-refractivity contribution in [1.82, 2.24) is 4.90 Å². The van der Waals surface area contributed by atoms with E-state index in [-0.39, 0.29) is 30.6 Å². The number of nitrogens with zero attached hydrogens (tertiary/aromatic N) is 1. The van der Waals surface area contributed by atoms with Crippen molar-refractivity contribution in [3.8, 4) is 0 Å². The van der Waals surface area contributed by atoms with E-state index >= 15 is 0 Å². The maximum Gasteiger partial charge on any atom is 0.248 e. The summed E-state index contributed by atoms with van der Waals surface area (Å²) in [5.41, 5.74) is -0.615. The second-order valence-electron chi connectivity index (χ2n) is 8.08. The molecule has 1 heterocycles. The van der Waals surface area contributed by atoms with Gasteiger partial charge in [0, 0.05) is 18.5 Å². The molecule has 3 aliphatic rings. The molecule has 0 bridgehead atoms. The lowest BCUT2D eigenvalue weighted by Gasteiger charge is -2.43. The number of likely N-dealkylation sites (tertiary alicyclic amines) is 1. The average molecular weight is 323 g/mol. The van der Waals surface area contributed by atoms with Crippen LogP contribution in [0.15, 0.2) is 0 Å². The zero-order chi connectivity index (χ0) is 16.3. The van der Waals surface area contributed by atoms with Crippen molar-refractivity contribution in [2.24, 2.45) is 5.92 Å². The van der Waals surface area contributed by atoms with Crippen LogP contribution in [0.3, 0.4) is 0 Å². The van der Waals surface area contributed by atoms with Crippen molar-refractivity contribution in [1.29, 1.82) is 0 Å². The molecule has 3 atom stereocenters. The highest BCUT2D eigenvalue weighted by Crippen LogP contribution is 2.40. The van der Waals surface area contributed by atoms with Gasteiger partial charge in [-0.2, -0.15) is 0 Å². The predicted molar refractivity (Wildman–Crippen MR) is 90.1 cm³/mol. The van der Waals surface area contributed by atoms with Gasteiger partial charge in [0.15, 0.2) is 0 Å². The second-order valence-corrected chi connectivity index (χ2v) is 8.08. The summed E-state index contributed by atoms with van der Waals surface area (Å²) < 4.78 is 5.89. The Bertz CT molecular complexity index is 403. The first-order valence-corrected chi connectivity index (χ1v) is 9.71. The largest absolute Gasteiger partial charge is 0.390 e. The molecule has 0 aromatic heterocycles. The van der Waals surface area contributed by atoms with Crippen LogP contribution in [-0.4, -0.2) is 46.8 Å². The molecule has 0 radical (unpaired) electrons. The predicted octanol–water partition coefficient (Wildman–Crippen LogP) is 3.27. The number of hydrogen-bond acceptors (Lipinski definition) is 3. The smallest absolute Gasteiger partial charge is 0.248 e. The summed E-state index contributed by atoms with van der Waals surface area (Å²) in [6.07, 6.45) is 12.6. The van der Waals surface area contributed by atoms with E-state index in [0.29, 0.717) is 0 Å². The van der Waals surface area contributed by atoms with E-state index < -0.39 is 5.60 Å². The summed E-state index contributed by atoms with van der Waals surface area (Å²) in [5.74, 6) is 0.372. The van der Waals surface area contributed by atoms with Gasteiger partial charge >= 0.3 is 0 Å². The average Bonchev–Trinajstić information content (AvgIpc) is 3.02. The van der Waals surface area contributed by atoms with Crippen molar-refractivity contribution in [3.63, 3.8) is 0 Å². The minimum absolute atomic E-state index is 0.138. The van der Waals surface area contributed by atoms with Gasteiger partial charge in [0.05, 0.1) is 11.7 Å². The van der Waals surface area contributed by atoms with Crippen molar-refractivity contribution in [3.05, 3.63) is 0 Å². The van der Waals surface area contributed by atoms with E-state index in [9.17, 15) is 9.90 Å². The number of carbonyl (C=O) groups excluding carboxylic acids is 1. The Morgan fingerprint density at radius 3 is 2.57 bits per heavy atom. The Morgan fingerprint density at radius 1 is 1.09 bits per heavy atom. The first kappa shape index (κ1) is 17.2. The van der Waals surface area contributed by atoms with Gasteiger partial charge in [0.25, 0.3) is 0 Å². The summed E-state index contributed by atoms with van der Waals surface area (Å²) in [6.45, 7) is 3.04. The Labute approximate surface area is 140 Å². The summed E-state index contributed by atoms with van der Waals surface area (Å²) in [6, 6.07) is 0.216. The quantitative estimate of drug-likeness (QED) is 0.864. The van der Waals surface area contributed by atoms with E-state index in [2.05, 4.69) is 0 Å². The van der Waals surface area contributed by atoms with Gasteiger partial charge in [0.1, 0.15) is 6.61 Å². The first-order chi connectivity index (χ1) is 11.1. The summed E-state index contributed by atoms with van der Waals surface area (Å²) in [5, 5.41) is 10.8. The van der Waals surface area contributed by atoms with Crippen LogP contribution < -0.4 is 0 Å². The van der Waals surface area contributed by atoms with Gasteiger partial charge in [-0.1, -0.05) is 32.1 Å². The van der Waals surface area contributed by atoms with E-state index in [1.165, 1.54) is 25.7 Å². The van der Waals surface area contributed by atoms with Crippen molar-refractivity contribution in [2.45, 2.75) is 95.3 Å². The fourth-order valence-electron chi connectivity index (χ4n) is 4.97. The Balaban J connectivity index is 1.56. The Kier molecular flexibility index (Phi) is 5.63. The second kappa shape index (κ2) is 7.52. The topological polar surface area (TPSA) is 49.8 Å². The highest BCUT2D eigenvalue weighted by Gasteiger charge is 2.44. The van der Waals surface area contributed by atoms with Crippen LogP contribution in [0.25, 0.3) is 0 Å². The van der Waals surface area contributed by atoms with Crippen molar-refractivity contribution < 1.29 is 14.6 Å². The standard InChI is InChI=1S/C19H33NO3/c1-19(22)12-6-5-10-16(19)17-11-7-13-20(17)18(21)14-23-15-8-3-2-4-9-15/h15-17,22H,2-14H2,1H3. The van der Waals surface area contributed by atoms with Gasteiger partial charge in [0.2, 0.25) is 5.91 Å². The van der Waals surface area contributed by atoms with Crippen LogP contribution in [0.1, 0.15) is 77.6 Å². The highest BCUT2D eigenvalue weighted by atomic mass is 16.5. The first-order valence-electron chi connectivity index (χ1n) is 9.71. The SMILES string of the molecule is CC1(O)CCCCC1C1CCCN1C(=O)COC1CCCCC1. The zero-order valence-corrected chi connectivity index (χ0v) is 14.6. The third-order valence-electron chi connectivity index (χ3n) is 6.33. The summed E-state index contributed by atoms with van der Waals surface area (Å²) >= 11 is 0. The van der Waals surface area contributed by atoms with Gasteiger partial charge in [-0.25, -0.2) is 0 Å². The number of ether oxygens (including phenoxy) is 1. The molecule has 1 saturated heterocycles. The maximum atomic E-state index is 12.7. The molecule has 4 heteroatoms. The van der Waals surface area contributed by atoms with Crippen LogP contribution in [0.5, 0.6) is 0 Å². The van der Waals surface area contributed by atoms with Crippen LogP contribution in [0.2, 0.25) is 0 Å². The Hall–Kier alpha value is -0.610. The van der Waals surface area contributed by atoms with Gasteiger partial charge in [-0.3, -0.25) is 4.79 Å². The van der Waals surface area contributed by atoms with Gasteiger partial charge < -0.3 is 14.7 Å². The van der Waals surface area contributed by atoms with Crippen molar-refractivity contribution >= 4 is 5.91 Å². The van der Waals surface area contributed by atoms with Gasteiger partial charge in [-0.05, 0) is 45.4 Å². The summed E-state index contributed by atoms with van der Waals surface area (Å²) in [4.78, 5) is 14.7. The normalized spacial score (nSPS) is 36.3. The number of carbonyl (C=O) groups is 1. The van der Waals surface area contributed by atoms with Gasteiger partial charge in [-0.15, -0.1) is 0 Å². The van der Waals surface area contributed by atoms with E-state index in [0.717, 1.165) is 51.5 Å². The molecule has 3 fully saturated rings.